The maximum absolute atomic E-state index is 9.93. The van der Waals surface area contributed by atoms with Crippen LogP contribution in [0.2, 0.25) is 10.0 Å². The van der Waals surface area contributed by atoms with E-state index in [-0.39, 0.29) is 0 Å². The van der Waals surface area contributed by atoms with E-state index in [1.165, 1.54) is 0 Å². The Morgan fingerprint density at radius 1 is 1.10 bits per heavy atom. The van der Waals surface area contributed by atoms with Gasteiger partial charge in [0.25, 0.3) is 0 Å². The second-order valence-corrected chi connectivity index (χ2v) is 6.37. The average molecular weight is 341 g/mol. The predicted octanol–water partition coefficient (Wildman–Crippen LogP) is 0.885. The molecule has 1 aliphatic heterocycles. The van der Waals surface area contributed by atoms with Crippen LogP contribution >= 0.6 is 35.0 Å². The highest BCUT2D eigenvalue weighted by atomic mass is 35.5. The van der Waals surface area contributed by atoms with Crippen LogP contribution in [-0.4, -0.2) is 56.9 Å². The number of hydrogen-bond acceptors (Lipinski definition) is 6. The fourth-order valence-corrected chi connectivity index (χ4v) is 3.47. The number of halogens is 2. The quantitative estimate of drug-likeness (QED) is 0.653. The largest absolute Gasteiger partial charge is 0.394 e. The Hall–Kier alpha value is -0.0500. The van der Waals surface area contributed by atoms with E-state index < -0.39 is 36.5 Å². The Labute approximate surface area is 130 Å². The third-order valence-corrected chi connectivity index (χ3v) is 4.88. The van der Waals surface area contributed by atoms with Gasteiger partial charge in [-0.1, -0.05) is 35.0 Å². The van der Waals surface area contributed by atoms with Gasteiger partial charge >= 0.3 is 0 Å². The van der Waals surface area contributed by atoms with Gasteiger partial charge in [0, 0.05) is 9.92 Å². The molecule has 20 heavy (non-hydrogen) atoms. The number of rotatable bonds is 3. The first-order chi connectivity index (χ1) is 9.43. The van der Waals surface area contributed by atoms with Gasteiger partial charge in [0.1, 0.15) is 29.9 Å². The summed E-state index contributed by atoms with van der Waals surface area (Å²) in [6.07, 6.45) is -5.03. The molecule has 1 heterocycles. The SMILES string of the molecule is OC[C@@H]1O[C@H](Sc2cc(Cl)ccc2Cl)[C@H](O)[C@H](O)[C@@H]1O. The minimum atomic E-state index is -1.41. The molecule has 0 bridgehead atoms. The van der Waals surface area contributed by atoms with Gasteiger partial charge in [-0.15, -0.1) is 0 Å². The van der Waals surface area contributed by atoms with Gasteiger partial charge in [0.2, 0.25) is 0 Å². The zero-order chi connectivity index (χ0) is 14.9. The van der Waals surface area contributed by atoms with E-state index in [0.717, 1.165) is 11.8 Å². The standard InChI is InChI=1S/C12H14Cl2O5S/c13-5-1-2-6(14)8(3-5)20-12-11(18)10(17)9(16)7(4-15)19-12/h1-3,7,9-12,15-18H,4H2/t7-,9+,10+,11+,12+/m0/s1. The highest BCUT2D eigenvalue weighted by Crippen LogP contribution is 2.37. The van der Waals surface area contributed by atoms with Crippen molar-refractivity contribution in [1.29, 1.82) is 0 Å². The second-order valence-electron chi connectivity index (χ2n) is 4.39. The minimum absolute atomic E-state index is 0.427. The van der Waals surface area contributed by atoms with E-state index in [1.807, 2.05) is 0 Å². The molecule has 0 amide bonds. The van der Waals surface area contributed by atoms with E-state index >= 15 is 0 Å². The fourth-order valence-electron chi connectivity index (χ4n) is 1.86. The molecule has 0 unspecified atom stereocenters. The summed E-state index contributed by atoms with van der Waals surface area (Å²) in [5.41, 5.74) is -0.874. The summed E-state index contributed by atoms with van der Waals surface area (Å²) < 4.78 is 5.38. The van der Waals surface area contributed by atoms with Crippen LogP contribution in [0.5, 0.6) is 0 Å². The minimum Gasteiger partial charge on any atom is -0.394 e. The maximum atomic E-state index is 9.93. The van der Waals surface area contributed by atoms with Crippen molar-refractivity contribution < 1.29 is 25.2 Å². The number of aliphatic hydroxyl groups excluding tert-OH is 4. The van der Waals surface area contributed by atoms with Crippen molar-refractivity contribution in [3.05, 3.63) is 28.2 Å². The first kappa shape index (κ1) is 16.3. The molecule has 0 aliphatic carbocycles. The van der Waals surface area contributed by atoms with Crippen LogP contribution in [0.15, 0.2) is 23.1 Å². The van der Waals surface area contributed by atoms with Gasteiger partial charge in [-0.2, -0.15) is 0 Å². The third kappa shape index (κ3) is 3.40. The molecule has 1 fully saturated rings. The molecule has 1 aromatic carbocycles. The Bertz CT molecular complexity index is 473. The molecule has 1 saturated heterocycles. The number of ether oxygens (including phenoxy) is 1. The summed E-state index contributed by atoms with van der Waals surface area (Å²) in [6, 6.07) is 4.84. The zero-order valence-electron chi connectivity index (χ0n) is 10.2. The lowest BCUT2D eigenvalue weighted by Crippen LogP contribution is -2.57. The zero-order valence-corrected chi connectivity index (χ0v) is 12.5. The van der Waals surface area contributed by atoms with E-state index in [4.69, 9.17) is 33.0 Å². The Morgan fingerprint density at radius 3 is 2.45 bits per heavy atom. The van der Waals surface area contributed by atoms with Crippen molar-refractivity contribution in [2.75, 3.05) is 6.61 Å². The summed E-state index contributed by atoms with van der Waals surface area (Å²) in [4.78, 5) is 0.573. The molecule has 112 valence electrons. The molecule has 8 heteroatoms. The molecule has 4 N–H and O–H groups in total. The molecule has 0 radical (unpaired) electrons. The molecule has 5 nitrogen and oxygen atoms in total. The van der Waals surface area contributed by atoms with Crippen LogP contribution in [0.1, 0.15) is 0 Å². The van der Waals surface area contributed by atoms with Crippen LogP contribution in [0.4, 0.5) is 0 Å². The molecule has 1 aromatic rings. The van der Waals surface area contributed by atoms with Crippen molar-refractivity contribution >= 4 is 35.0 Å². The number of hydrogen-bond donors (Lipinski definition) is 4. The summed E-state index contributed by atoms with van der Waals surface area (Å²) in [5.74, 6) is 0. The second kappa shape index (κ2) is 6.81. The van der Waals surface area contributed by atoms with Crippen molar-refractivity contribution in [1.82, 2.24) is 0 Å². The van der Waals surface area contributed by atoms with Crippen LogP contribution in [0.25, 0.3) is 0 Å². The van der Waals surface area contributed by atoms with Crippen molar-refractivity contribution in [2.24, 2.45) is 0 Å². The van der Waals surface area contributed by atoms with Crippen LogP contribution in [0.3, 0.4) is 0 Å². The lowest BCUT2D eigenvalue weighted by atomic mass is 10.0. The van der Waals surface area contributed by atoms with Crippen LogP contribution in [0, 0.1) is 0 Å². The first-order valence-corrected chi connectivity index (χ1v) is 7.50. The van der Waals surface area contributed by atoms with E-state index in [9.17, 15) is 15.3 Å². The summed E-state index contributed by atoms with van der Waals surface area (Å²) in [5, 5.41) is 39.3. The van der Waals surface area contributed by atoms with Crippen molar-refractivity contribution in [2.45, 2.75) is 34.7 Å². The van der Waals surface area contributed by atoms with Gasteiger partial charge in [-0.25, -0.2) is 0 Å². The number of aliphatic hydroxyl groups is 4. The normalized spacial score (nSPS) is 34.2. The fraction of sp³-hybridized carbons (Fsp3) is 0.500. The van der Waals surface area contributed by atoms with Gasteiger partial charge in [-0.3, -0.25) is 0 Å². The van der Waals surface area contributed by atoms with Crippen LogP contribution < -0.4 is 0 Å². The molecule has 1 aliphatic rings. The van der Waals surface area contributed by atoms with Crippen molar-refractivity contribution in [3.63, 3.8) is 0 Å². The molecule has 0 aromatic heterocycles. The van der Waals surface area contributed by atoms with E-state index in [2.05, 4.69) is 0 Å². The van der Waals surface area contributed by atoms with E-state index in [0.29, 0.717) is 14.9 Å². The maximum Gasteiger partial charge on any atom is 0.136 e. The Morgan fingerprint density at radius 2 is 1.80 bits per heavy atom. The Kier molecular flexibility index (Phi) is 5.56. The summed E-state index contributed by atoms with van der Waals surface area (Å²) in [6.45, 7) is -0.467. The highest BCUT2D eigenvalue weighted by Gasteiger charge is 2.43. The summed E-state index contributed by atoms with van der Waals surface area (Å²) in [7, 11) is 0. The Balaban J connectivity index is 2.17. The lowest BCUT2D eigenvalue weighted by molar-refractivity contribution is -0.205. The van der Waals surface area contributed by atoms with Gasteiger partial charge in [-0.05, 0) is 18.2 Å². The van der Waals surface area contributed by atoms with Crippen LogP contribution in [-0.2, 0) is 4.74 Å². The van der Waals surface area contributed by atoms with Gasteiger partial charge < -0.3 is 25.2 Å². The topological polar surface area (TPSA) is 90.2 Å². The molecule has 0 saturated carbocycles. The monoisotopic (exact) mass is 340 g/mol. The van der Waals surface area contributed by atoms with Gasteiger partial charge in [0.05, 0.1) is 11.6 Å². The number of thioether (sulfide) groups is 1. The average Bonchev–Trinajstić information content (AvgIpc) is 2.43. The highest BCUT2D eigenvalue weighted by molar-refractivity contribution is 8.00. The predicted molar refractivity (Wildman–Crippen MR) is 76.1 cm³/mol. The third-order valence-electron chi connectivity index (χ3n) is 2.98. The van der Waals surface area contributed by atoms with Crippen molar-refractivity contribution in [3.8, 4) is 0 Å². The molecular formula is C12H14Cl2O5S. The lowest BCUT2D eigenvalue weighted by Gasteiger charge is -2.39. The van der Waals surface area contributed by atoms with Gasteiger partial charge in [0.15, 0.2) is 0 Å². The number of benzene rings is 1. The molecule has 5 atom stereocenters. The molecular weight excluding hydrogens is 327 g/mol. The first-order valence-electron chi connectivity index (χ1n) is 5.86. The van der Waals surface area contributed by atoms with E-state index in [1.54, 1.807) is 18.2 Å². The molecule has 0 spiro atoms. The molecule has 2 rings (SSSR count). The summed E-state index contributed by atoms with van der Waals surface area (Å²) >= 11 is 13.0. The smallest absolute Gasteiger partial charge is 0.136 e.